The van der Waals surface area contributed by atoms with Crippen LogP contribution in [0.4, 0.5) is 4.39 Å². The molecule has 24 heavy (non-hydrogen) atoms. The predicted octanol–water partition coefficient (Wildman–Crippen LogP) is 3.83. The Morgan fingerprint density at radius 2 is 1.83 bits per heavy atom. The van der Waals surface area contributed by atoms with E-state index in [4.69, 9.17) is 16.3 Å². The molecular formula is C17H14ClFN2O3. The molecule has 0 atom stereocenters. The van der Waals surface area contributed by atoms with Crippen molar-refractivity contribution in [2.24, 2.45) is 0 Å². The summed E-state index contributed by atoms with van der Waals surface area (Å²) >= 11 is 5.77. The number of hydrogen-bond donors (Lipinski definition) is 2. The molecule has 2 aromatic heterocycles. The largest absolute Gasteiger partial charge is 0.494 e. The van der Waals surface area contributed by atoms with Crippen LogP contribution in [0.15, 0.2) is 48.7 Å². The molecule has 0 aliphatic carbocycles. The summed E-state index contributed by atoms with van der Waals surface area (Å²) in [7, 11) is 0. The molecule has 0 saturated carbocycles. The van der Waals surface area contributed by atoms with Gasteiger partial charge in [0.15, 0.2) is 11.8 Å². The van der Waals surface area contributed by atoms with E-state index in [1.54, 1.807) is 24.4 Å². The number of ether oxygens (including phenoxy) is 1. The van der Waals surface area contributed by atoms with E-state index in [0.29, 0.717) is 23.6 Å². The summed E-state index contributed by atoms with van der Waals surface area (Å²) in [5.41, 5.74) is 1.35. The fraction of sp³-hybridized carbons (Fsp3) is 0.118. The molecule has 3 aromatic rings. The standard InChI is InChI=1S/C17H14ClFN2O3/c18-13-9-11(1-3-14(13)19)15-4-2-12(10-20-15)24-8-7-21-16(22)5-6-17(21)23/h1-6,9-10,22-23H,7-8H2. The van der Waals surface area contributed by atoms with Gasteiger partial charge in [-0.3, -0.25) is 9.55 Å². The molecule has 1 aromatic carbocycles. The number of halogens is 2. The second-order valence-electron chi connectivity index (χ2n) is 5.06. The van der Waals surface area contributed by atoms with Crippen molar-refractivity contribution in [3.05, 3.63) is 59.5 Å². The molecule has 2 N–H and O–H groups in total. The van der Waals surface area contributed by atoms with Crippen LogP contribution in [0.3, 0.4) is 0 Å². The zero-order valence-corrected chi connectivity index (χ0v) is 13.2. The first-order valence-corrected chi connectivity index (χ1v) is 7.54. The Morgan fingerprint density at radius 1 is 1.08 bits per heavy atom. The van der Waals surface area contributed by atoms with Crippen LogP contribution in [-0.4, -0.2) is 26.4 Å². The molecule has 0 saturated heterocycles. The lowest BCUT2D eigenvalue weighted by Crippen LogP contribution is -2.07. The summed E-state index contributed by atoms with van der Waals surface area (Å²) in [6, 6.07) is 10.7. The number of benzene rings is 1. The third kappa shape index (κ3) is 3.44. The topological polar surface area (TPSA) is 67.5 Å². The molecule has 0 aliphatic rings. The van der Waals surface area contributed by atoms with Gasteiger partial charge in [-0.1, -0.05) is 11.6 Å². The van der Waals surface area contributed by atoms with E-state index >= 15 is 0 Å². The van der Waals surface area contributed by atoms with Gasteiger partial charge in [-0.15, -0.1) is 0 Å². The van der Waals surface area contributed by atoms with Gasteiger partial charge in [-0.25, -0.2) is 4.39 Å². The van der Waals surface area contributed by atoms with E-state index in [2.05, 4.69) is 4.98 Å². The Hall–Kier alpha value is -2.73. The summed E-state index contributed by atoms with van der Waals surface area (Å²) in [6.45, 7) is 0.541. The van der Waals surface area contributed by atoms with Gasteiger partial charge in [0.2, 0.25) is 0 Å². The van der Waals surface area contributed by atoms with Gasteiger partial charge in [0, 0.05) is 17.7 Å². The molecule has 7 heteroatoms. The molecule has 2 heterocycles. The van der Waals surface area contributed by atoms with Crippen molar-refractivity contribution in [2.45, 2.75) is 6.54 Å². The highest BCUT2D eigenvalue weighted by Gasteiger charge is 2.07. The minimum Gasteiger partial charge on any atom is -0.494 e. The SMILES string of the molecule is Oc1ccc(O)n1CCOc1ccc(-c2ccc(F)c(Cl)c2)nc1. The molecule has 0 amide bonds. The molecule has 124 valence electrons. The second-order valence-corrected chi connectivity index (χ2v) is 5.47. The second kappa shape index (κ2) is 6.80. The maximum absolute atomic E-state index is 13.2. The van der Waals surface area contributed by atoms with Crippen LogP contribution in [0.25, 0.3) is 11.3 Å². The van der Waals surface area contributed by atoms with Gasteiger partial charge in [-0.2, -0.15) is 0 Å². The van der Waals surface area contributed by atoms with E-state index in [1.165, 1.54) is 28.8 Å². The highest BCUT2D eigenvalue weighted by atomic mass is 35.5. The molecule has 0 fully saturated rings. The molecular weight excluding hydrogens is 335 g/mol. The first kappa shape index (κ1) is 16.1. The van der Waals surface area contributed by atoms with E-state index in [1.807, 2.05) is 0 Å². The minimum atomic E-state index is -0.475. The number of rotatable bonds is 5. The quantitative estimate of drug-likeness (QED) is 0.735. The lowest BCUT2D eigenvalue weighted by Gasteiger charge is -2.09. The van der Waals surface area contributed by atoms with Gasteiger partial charge in [0.1, 0.15) is 18.2 Å². The van der Waals surface area contributed by atoms with Crippen LogP contribution >= 0.6 is 11.6 Å². The smallest absolute Gasteiger partial charge is 0.193 e. The van der Waals surface area contributed by atoms with Crippen molar-refractivity contribution in [1.82, 2.24) is 9.55 Å². The maximum Gasteiger partial charge on any atom is 0.193 e. The first-order chi connectivity index (χ1) is 11.5. The third-order valence-electron chi connectivity index (χ3n) is 3.47. The normalized spacial score (nSPS) is 10.8. The van der Waals surface area contributed by atoms with Crippen molar-refractivity contribution < 1.29 is 19.3 Å². The van der Waals surface area contributed by atoms with Crippen LogP contribution in [-0.2, 0) is 6.54 Å². The zero-order valence-electron chi connectivity index (χ0n) is 12.5. The van der Waals surface area contributed by atoms with Crippen molar-refractivity contribution in [3.63, 3.8) is 0 Å². The summed E-state index contributed by atoms with van der Waals surface area (Å²) in [4.78, 5) is 4.26. The number of aromatic hydroxyl groups is 2. The Morgan fingerprint density at radius 3 is 2.46 bits per heavy atom. The van der Waals surface area contributed by atoms with Crippen LogP contribution in [0, 0.1) is 5.82 Å². The summed E-state index contributed by atoms with van der Waals surface area (Å²) in [5.74, 6) is 0.00510. The zero-order chi connectivity index (χ0) is 17.1. The van der Waals surface area contributed by atoms with Gasteiger partial charge in [0.25, 0.3) is 0 Å². The Labute approximate surface area is 142 Å². The van der Waals surface area contributed by atoms with Crippen molar-refractivity contribution in [1.29, 1.82) is 0 Å². The minimum absolute atomic E-state index is 0.0299. The van der Waals surface area contributed by atoms with E-state index in [0.717, 1.165) is 0 Å². The van der Waals surface area contributed by atoms with Crippen molar-refractivity contribution in [3.8, 4) is 28.8 Å². The van der Waals surface area contributed by atoms with Crippen molar-refractivity contribution in [2.75, 3.05) is 6.61 Å². The Balaban J connectivity index is 1.63. The molecule has 5 nitrogen and oxygen atoms in total. The first-order valence-electron chi connectivity index (χ1n) is 7.16. The maximum atomic E-state index is 13.2. The number of aromatic nitrogens is 2. The predicted molar refractivity (Wildman–Crippen MR) is 87.9 cm³/mol. The van der Waals surface area contributed by atoms with E-state index in [9.17, 15) is 14.6 Å². The summed E-state index contributed by atoms with van der Waals surface area (Å²) < 4.78 is 20.0. The number of nitrogens with zero attached hydrogens (tertiary/aromatic N) is 2. The average Bonchev–Trinajstić information content (AvgIpc) is 2.90. The molecule has 0 unspecified atom stereocenters. The highest BCUT2D eigenvalue weighted by Crippen LogP contribution is 2.25. The summed E-state index contributed by atoms with van der Waals surface area (Å²) in [6.07, 6.45) is 1.54. The van der Waals surface area contributed by atoms with E-state index in [-0.39, 0.29) is 23.4 Å². The Bertz CT molecular complexity index is 830. The molecule has 0 aliphatic heterocycles. The fourth-order valence-electron chi connectivity index (χ4n) is 2.22. The monoisotopic (exact) mass is 348 g/mol. The molecule has 0 bridgehead atoms. The molecule has 0 spiro atoms. The third-order valence-corrected chi connectivity index (χ3v) is 3.76. The van der Waals surface area contributed by atoms with E-state index < -0.39 is 5.82 Å². The van der Waals surface area contributed by atoms with Crippen LogP contribution < -0.4 is 4.74 Å². The number of hydrogen-bond acceptors (Lipinski definition) is 4. The highest BCUT2D eigenvalue weighted by molar-refractivity contribution is 6.31. The average molecular weight is 349 g/mol. The van der Waals surface area contributed by atoms with Crippen LogP contribution in [0.2, 0.25) is 5.02 Å². The molecule has 0 radical (unpaired) electrons. The van der Waals surface area contributed by atoms with Crippen molar-refractivity contribution >= 4 is 11.6 Å². The molecule has 3 rings (SSSR count). The van der Waals surface area contributed by atoms with Gasteiger partial charge in [0.05, 0.1) is 23.5 Å². The summed E-state index contributed by atoms with van der Waals surface area (Å²) in [5, 5.41) is 19.1. The lowest BCUT2D eigenvalue weighted by atomic mass is 10.1. The van der Waals surface area contributed by atoms with Gasteiger partial charge >= 0.3 is 0 Å². The Kier molecular flexibility index (Phi) is 4.57. The van der Waals surface area contributed by atoms with Crippen LogP contribution in [0.5, 0.6) is 17.5 Å². The number of pyridine rings is 1. The van der Waals surface area contributed by atoms with Crippen LogP contribution in [0.1, 0.15) is 0 Å². The fourth-order valence-corrected chi connectivity index (χ4v) is 2.40. The lowest BCUT2D eigenvalue weighted by molar-refractivity contribution is 0.274. The van der Waals surface area contributed by atoms with Gasteiger partial charge in [-0.05, 0) is 30.3 Å². The van der Waals surface area contributed by atoms with Gasteiger partial charge < -0.3 is 14.9 Å².